The lowest BCUT2D eigenvalue weighted by atomic mass is 10.1. The minimum Gasteiger partial charge on any atom is -0.467 e. The van der Waals surface area contributed by atoms with Gasteiger partial charge < -0.3 is 19.8 Å². The highest BCUT2D eigenvalue weighted by atomic mass is 16.5. The molecule has 3 amide bonds. The minimum atomic E-state index is -1.11. The Morgan fingerprint density at radius 2 is 1.86 bits per heavy atom. The van der Waals surface area contributed by atoms with E-state index in [-0.39, 0.29) is 24.8 Å². The van der Waals surface area contributed by atoms with Gasteiger partial charge in [0.2, 0.25) is 11.8 Å². The molecule has 0 saturated carbocycles. The molecule has 0 saturated heterocycles. The summed E-state index contributed by atoms with van der Waals surface area (Å²) in [6.45, 7) is 1.80. The number of hydrogen-bond donors (Lipinski definition) is 2. The molecule has 0 aliphatic carbocycles. The van der Waals surface area contributed by atoms with Gasteiger partial charge in [-0.15, -0.1) is 5.10 Å². The second-order valence-corrected chi connectivity index (χ2v) is 7.93. The van der Waals surface area contributed by atoms with Crippen molar-refractivity contribution in [2.45, 2.75) is 19.5 Å². The van der Waals surface area contributed by atoms with Crippen LogP contribution in [0.5, 0.6) is 0 Å². The van der Waals surface area contributed by atoms with Gasteiger partial charge in [0.15, 0.2) is 6.04 Å². The van der Waals surface area contributed by atoms with Crippen molar-refractivity contribution < 1.29 is 23.5 Å². The van der Waals surface area contributed by atoms with Gasteiger partial charge in [0.1, 0.15) is 17.8 Å². The number of carbonyl (C=O) groups is 3. The van der Waals surface area contributed by atoms with Crippen LogP contribution in [0.15, 0.2) is 71.3 Å². The molecular weight excluding hydrogens is 464 g/mol. The molecule has 11 heteroatoms. The number of anilines is 2. The van der Waals surface area contributed by atoms with Crippen LogP contribution in [-0.2, 0) is 25.7 Å². The number of hydrogen-bond acceptors (Lipinski definition) is 7. The van der Waals surface area contributed by atoms with E-state index < -0.39 is 17.9 Å². The number of rotatable bonds is 10. The Labute approximate surface area is 207 Å². The van der Waals surface area contributed by atoms with Crippen LogP contribution in [-0.4, -0.2) is 53.0 Å². The van der Waals surface area contributed by atoms with Crippen LogP contribution in [0.2, 0.25) is 0 Å². The number of para-hydroxylation sites is 1. The Morgan fingerprint density at radius 1 is 1.08 bits per heavy atom. The van der Waals surface area contributed by atoms with E-state index in [1.807, 2.05) is 18.2 Å². The van der Waals surface area contributed by atoms with Crippen molar-refractivity contribution in [3.63, 3.8) is 0 Å². The van der Waals surface area contributed by atoms with Gasteiger partial charge in [-0.3, -0.25) is 19.3 Å². The molecule has 4 aromatic rings. The number of furan rings is 1. The third-order valence-electron chi connectivity index (χ3n) is 5.36. The summed E-state index contributed by atoms with van der Waals surface area (Å²) < 4.78 is 12.1. The number of carbonyl (C=O) groups excluding carboxylic acids is 3. The van der Waals surface area contributed by atoms with Gasteiger partial charge in [0.25, 0.3) is 5.91 Å². The molecule has 4 rings (SSSR count). The van der Waals surface area contributed by atoms with Gasteiger partial charge in [-0.05, 0) is 48.5 Å². The molecule has 2 heterocycles. The molecule has 11 nitrogen and oxygen atoms in total. The predicted octanol–water partition coefficient (Wildman–Crippen LogP) is 2.52. The minimum absolute atomic E-state index is 0.170. The first-order chi connectivity index (χ1) is 17.5. The summed E-state index contributed by atoms with van der Waals surface area (Å²) in [6.07, 6.45) is 1.44. The summed E-state index contributed by atoms with van der Waals surface area (Å²) in [5, 5.41) is 13.7. The van der Waals surface area contributed by atoms with Crippen molar-refractivity contribution >= 4 is 40.1 Å². The first kappa shape index (κ1) is 24.6. The van der Waals surface area contributed by atoms with Gasteiger partial charge in [0.05, 0.1) is 18.4 Å². The van der Waals surface area contributed by atoms with Crippen LogP contribution in [0.25, 0.3) is 11.0 Å². The van der Waals surface area contributed by atoms with Crippen LogP contribution in [0.1, 0.15) is 18.7 Å². The fraction of sp³-hybridized carbons (Fsp3) is 0.240. The topological polar surface area (TPSA) is 132 Å². The Morgan fingerprint density at radius 3 is 2.56 bits per heavy atom. The standard InChI is InChI=1S/C25H26N6O5/c1-17(32)27-18-9-11-19(12-10-18)31(23(33)16-30-21-7-4-3-6-20(21)28-29-30)24(22-8-5-14-36-22)25(34)26-13-15-35-2/h3-12,14,24H,13,15-16H2,1-2H3,(H,26,34)(H,27,32)/t24-/m1/s1. The molecule has 0 unspecified atom stereocenters. The fourth-order valence-electron chi connectivity index (χ4n) is 3.78. The smallest absolute Gasteiger partial charge is 0.251 e. The molecule has 2 aromatic heterocycles. The highest BCUT2D eigenvalue weighted by molar-refractivity contribution is 6.01. The van der Waals surface area contributed by atoms with Crippen molar-refractivity contribution in [1.29, 1.82) is 0 Å². The molecule has 2 N–H and O–H groups in total. The highest BCUT2D eigenvalue weighted by Crippen LogP contribution is 2.30. The van der Waals surface area contributed by atoms with Gasteiger partial charge in [-0.2, -0.15) is 0 Å². The van der Waals surface area contributed by atoms with Crippen molar-refractivity contribution in [3.8, 4) is 0 Å². The molecule has 0 bridgehead atoms. The molecular formula is C25H26N6O5. The number of nitrogens with one attached hydrogen (secondary N) is 2. The second kappa shape index (κ2) is 11.3. The van der Waals surface area contributed by atoms with Crippen LogP contribution >= 0.6 is 0 Å². The van der Waals surface area contributed by atoms with Crippen LogP contribution in [0.3, 0.4) is 0 Å². The van der Waals surface area contributed by atoms with Gasteiger partial charge in [0, 0.05) is 32.0 Å². The predicted molar refractivity (Wildman–Crippen MR) is 132 cm³/mol. The van der Waals surface area contributed by atoms with Gasteiger partial charge in [-0.1, -0.05) is 17.3 Å². The van der Waals surface area contributed by atoms with E-state index in [2.05, 4.69) is 20.9 Å². The molecule has 36 heavy (non-hydrogen) atoms. The number of ether oxygens (including phenoxy) is 1. The monoisotopic (exact) mass is 490 g/mol. The summed E-state index contributed by atoms with van der Waals surface area (Å²) in [4.78, 5) is 40.0. The Hall–Kier alpha value is -4.51. The zero-order valence-electron chi connectivity index (χ0n) is 19.9. The third kappa shape index (κ3) is 5.58. The lowest BCUT2D eigenvalue weighted by Gasteiger charge is -2.30. The van der Waals surface area contributed by atoms with Crippen molar-refractivity contribution in [2.75, 3.05) is 30.5 Å². The van der Waals surface area contributed by atoms with Gasteiger partial charge in [-0.25, -0.2) is 4.68 Å². The van der Waals surface area contributed by atoms with E-state index in [1.54, 1.807) is 42.5 Å². The Kier molecular flexibility index (Phi) is 7.71. The summed E-state index contributed by atoms with van der Waals surface area (Å²) >= 11 is 0. The SMILES string of the molecule is COCCNC(=O)[C@@H](c1ccco1)N(C(=O)Cn1nnc2ccccc21)c1ccc(NC(C)=O)cc1. The normalized spacial score (nSPS) is 11.7. The van der Waals surface area contributed by atoms with E-state index in [1.165, 1.54) is 29.9 Å². The molecule has 0 aliphatic heterocycles. The summed E-state index contributed by atoms with van der Waals surface area (Å²) in [5.74, 6) is -0.793. The van der Waals surface area contributed by atoms with E-state index in [9.17, 15) is 14.4 Å². The van der Waals surface area contributed by atoms with Crippen LogP contribution in [0.4, 0.5) is 11.4 Å². The molecule has 0 fully saturated rings. The van der Waals surface area contributed by atoms with Crippen molar-refractivity contribution in [3.05, 3.63) is 72.7 Å². The van der Waals surface area contributed by atoms with E-state index >= 15 is 0 Å². The van der Waals surface area contributed by atoms with Crippen LogP contribution in [0, 0.1) is 0 Å². The quantitative estimate of drug-likeness (QED) is 0.327. The summed E-state index contributed by atoms with van der Waals surface area (Å²) in [7, 11) is 1.53. The van der Waals surface area contributed by atoms with Crippen LogP contribution < -0.4 is 15.5 Å². The zero-order chi connectivity index (χ0) is 25.5. The lowest BCUT2D eigenvalue weighted by Crippen LogP contribution is -2.45. The second-order valence-electron chi connectivity index (χ2n) is 7.93. The Bertz CT molecular complexity index is 1330. The number of methoxy groups -OCH3 is 1. The molecule has 186 valence electrons. The lowest BCUT2D eigenvalue weighted by molar-refractivity contribution is -0.127. The molecule has 0 aliphatic rings. The van der Waals surface area contributed by atoms with Gasteiger partial charge >= 0.3 is 0 Å². The van der Waals surface area contributed by atoms with E-state index in [4.69, 9.17) is 9.15 Å². The Balaban J connectivity index is 1.73. The fourth-order valence-corrected chi connectivity index (χ4v) is 3.78. The molecule has 2 aromatic carbocycles. The molecule has 0 spiro atoms. The van der Waals surface area contributed by atoms with E-state index in [0.29, 0.717) is 29.0 Å². The maximum atomic E-state index is 13.8. The summed E-state index contributed by atoms with van der Waals surface area (Å²) in [6, 6.07) is 16.1. The average molecular weight is 491 g/mol. The maximum Gasteiger partial charge on any atom is 0.251 e. The number of fused-ring (bicyclic) bond motifs is 1. The molecule has 0 radical (unpaired) electrons. The largest absolute Gasteiger partial charge is 0.467 e. The number of nitrogens with zero attached hydrogens (tertiary/aromatic N) is 4. The summed E-state index contributed by atoms with van der Waals surface area (Å²) in [5.41, 5.74) is 2.32. The maximum absolute atomic E-state index is 13.8. The number of aromatic nitrogens is 3. The van der Waals surface area contributed by atoms with Crippen molar-refractivity contribution in [2.24, 2.45) is 0 Å². The van der Waals surface area contributed by atoms with E-state index in [0.717, 1.165) is 0 Å². The first-order valence-electron chi connectivity index (χ1n) is 11.3. The number of benzene rings is 2. The first-order valence-corrected chi connectivity index (χ1v) is 11.3. The average Bonchev–Trinajstić information content (AvgIpc) is 3.53. The molecule has 1 atom stereocenters. The number of amides is 3. The van der Waals surface area contributed by atoms with Crippen molar-refractivity contribution in [1.82, 2.24) is 20.3 Å². The third-order valence-corrected chi connectivity index (χ3v) is 5.36. The zero-order valence-corrected chi connectivity index (χ0v) is 19.9. The highest BCUT2D eigenvalue weighted by Gasteiger charge is 2.35.